The Labute approximate surface area is 106 Å². The molecule has 92 valence electrons. The van der Waals surface area contributed by atoms with E-state index in [1.165, 1.54) is 4.90 Å². The summed E-state index contributed by atoms with van der Waals surface area (Å²) in [6, 6.07) is 8.99. The summed E-state index contributed by atoms with van der Waals surface area (Å²) in [6.45, 7) is 0.531. The van der Waals surface area contributed by atoms with Gasteiger partial charge in [-0.1, -0.05) is 30.3 Å². The minimum Gasteiger partial charge on any atom is -0.342 e. The minimum atomic E-state index is -0.583. The average molecular weight is 242 g/mol. The first-order valence-electron chi connectivity index (χ1n) is 5.76. The molecule has 0 aromatic heterocycles. The molecule has 1 aromatic rings. The molecule has 1 atom stereocenters. The lowest BCUT2D eigenvalue weighted by atomic mass is 10.1. The summed E-state index contributed by atoms with van der Waals surface area (Å²) in [7, 11) is 0. The van der Waals surface area contributed by atoms with Crippen molar-refractivity contribution in [2.75, 3.05) is 6.54 Å². The van der Waals surface area contributed by atoms with Crippen LogP contribution >= 0.6 is 0 Å². The zero-order valence-corrected chi connectivity index (χ0v) is 9.93. The Kier molecular flexibility index (Phi) is 3.63. The van der Waals surface area contributed by atoms with E-state index in [2.05, 4.69) is 11.2 Å². The Morgan fingerprint density at radius 2 is 2.06 bits per heavy atom. The van der Waals surface area contributed by atoms with E-state index in [0.29, 0.717) is 6.54 Å². The monoisotopic (exact) mass is 242 g/mol. The second-order valence-corrected chi connectivity index (χ2v) is 4.21. The van der Waals surface area contributed by atoms with Gasteiger partial charge in [0.15, 0.2) is 0 Å². The number of carbonyl (C=O) groups excluding carboxylic acids is 2. The number of hydrogen-bond acceptors (Lipinski definition) is 2. The molecular formula is C14H14N2O2. The van der Waals surface area contributed by atoms with E-state index in [1.54, 1.807) is 0 Å². The van der Waals surface area contributed by atoms with Gasteiger partial charge in [0.25, 0.3) is 0 Å². The molecule has 1 heterocycles. The fraction of sp³-hybridized carbons (Fsp3) is 0.286. The number of hydrogen-bond donors (Lipinski definition) is 1. The molecule has 0 aliphatic carbocycles. The Bertz CT molecular complexity index is 490. The quantitative estimate of drug-likeness (QED) is 0.786. The summed E-state index contributed by atoms with van der Waals surface area (Å²) < 4.78 is 0. The molecule has 1 aromatic carbocycles. The van der Waals surface area contributed by atoms with Crippen LogP contribution in [-0.2, 0) is 16.1 Å². The number of rotatable bonds is 3. The van der Waals surface area contributed by atoms with Gasteiger partial charge in [-0.15, -0.1) is 12.3 Å². The Morgan fingerprint density at radius 3 is 2.72 bits per heavy atom. The lowest BCUT2D eigenvalue weighted by molar-refractivity contribution is -0.144. The van der Waals surface area contributed by atoms with Crippen molar-refractivity contribution in [2.45, 2.75) is 19.0 Å². The molecule has 0 saturated carbocycles. The molecule has 1 saturated heterocycles. The molecule has 1 N–H and O–H groups in total. The van der Waals surface area contributed by atoms with Crippen LogP contribution in [0.3, 0.4) is 0 Å². The van der Waals surface area contributed by atoms with Gasteiger partial charge in [0.2, 0.25) is 11.8 Å². The van der Waals surface area contributed by atoms with Crippen molar-refractivity contribution in [3.63, 3.8) is 0 Å². The highest BCUT2D eigenvalue weighted by Crippen LogP contribution is 2.10. The molecule has 1 aliphatic heterocycles. The maximum absolute atomic E-state index is 12.1. The van der Waals surface area contributed by atoms with Crippen molar-refractivity contribution < 1.29 is 9.59 Å². The Hall–Kier alpha value is -2.28. The van der Waals surface area contributed by atoms with Gasteiger partial charge in [0.1, 0.15) is 6.04 Å². The summed E-state index contributed by atoms with van der Waals surface area (Å²) in [5.74, 6) is 2.13. The number of piperazine rings is 1. The Balaban J connectivity index is 2.10. The fourth-order valence-electron chi connectivity index (χ4n) is 1.97. The third-order valence-electron chi connectivity index (χ3n) is 2.82. The van der Waals surface area contributed by atoms with Crippen LogP contribution < -0.4 is 5.32 Å². The maximum atomic E-state index is 12.1. The van der Waals surface area contributed by atoms with Gasteiger partial charge in [-0.05, 0) is 5.56 Å². The van der Waals surface area contributed by atoms with Crippen molar-refractivity contribution in [1.29, 1.82) is 0 Å². The maximum Gasteiger partial charge on any atom is 0.246 e. The predicted molar refractivity (Wildman–Crippen MR) is 67.2 cm³/mol. The minimum absolute atomic E-state index is 0.0921. The molecular weight excluding hydrogens is 228 g/mol. The van der Waals surface area contributed by atoms with E-state index in [1.807, 2.05) is 30.3 Å². The van der Waals surface area contributed by atoms with Gasteiger partial charge in [0, 0.05) is 13.0 Å². The van der Waals surface area contributed by atoms with Crippen LogP contribution in [0.5, 0.6) is 0 Å². The van der Waals surface area contributed by atoms with Crippen molar-refractivity contribution in [1.82, 2.24) is 10.2 Å². The highest BCUT2D eigenvalue weighted by atomic mass is 16.2. The molecule has 2 amide bonds. The summed E-state index contributed by atoms with van der Waals surface area (Å²) in [6.07, 6.45) is 5.43. The van der Waals surface area contributed by atoms with Crippen molar-refractivity contribution in [2.24, 2.45) is 0 Å². The first-order chi connectivity index (χ1) is 8.70. The average Bonchev–Trinajstić information content (AvgIpc) is 2.36. The lowest BCUT2D eigenvalue weighted by Gasteiger charge is -2.31. The lowest BCUT2D eigenvalue weighted by Crippen LogP contribution is -2.57. The number of terminal acetylenes is 1. The van der Waals surface area contributed by atoms with Crippen LogP contribution in [0, 0.1) is 12.3 Å². The van der Waals surface area contributed by atoms with Gasteiger partial charge in [-0.25, -0.2) is 0 Å². The molecule has 4 heteroatoms. The zero-order chi connectivity index (χ0) is 13.0. The first-order valence-corrected chi connectivity index (χ1v) is 5.76. The van der Waals surface area contributed by atoms with E-state index < -0.39 is 6.04 Å². The molecule has 2 rings (SSSR count). The highest BCUT2D eigenvalue weighted by Gasteiger charge is 2.31. The summed E-state index contributed by atoms with van der Waals surface area (Å²) >= 11 is 0. The van der Waals surface area contributed by atoms with Gasteiger partial charge in [0.05, 0.1) is 6.54 Å². The molecule has 0 bridgehead atoms. The standard InChI is InChI=1S/C14H14N2O2/c1-2-6-12-14(18)16(10-13(17)15-12)9-11-7-4-3-5-8-11/h1,3-5,7-8,12H,6,9-10H2,(H,15,17)/t12-/m0/s1. The SMILES string of the molecule is C#CC[C@@H]1NC(=O)CN(Cc2ccccc2)C1=O. The van der Waals surface area contributed by atoms with Gasteiger partial charge >= 0.3 is 0 Å². The largest absolute Gasteiger partial charge is 0.342 e. The van der Waals surface area contributed by atoms with Crippen LogP contribution in [0.4, 0.5) is 0 Å². The number of nitrogens with one attached hydrogen (secondary N) is 1. The zero-order valence-electron chi connectivity index (χ0n) is 9.93. The van der Waals surface area contributed by atoms with E-state index in [0.717, 1.165) is 5.56 Å². The van der Waals surface area contributed by atoms with Crippen LogP contribution in [0.25, 0.3) is 0 Å². The Morgan fingerprint density at radius 1 is 1.33 bits per heavy atom. The fourth-order valence-corrected chi connectivity index (χ4v) is 1.97. The molecule has 0 radical (unpaired) electrons. The van der Waals surface area contributed by atoms with Crippen molar-refractivity contribution >= 4 is 11.8 Å². The normalized spacial score (nSPS) is 19.3. The second kappa shape index (κ2) is 5.37. The van der Waals surface area contributed by atoms with Crippen LogP contribution in [0.2, 0.25) is 0 Å². The van der Waals surface area contributed by atoms with Gasteiger partial charge in [-0.3, -0.25) is 9.59 Å². The van der Waals surface area contributed by atoms with Crippen LogP contribution in [0.15, 0.2) is 30.3 Å². The highest BCUT2D eigenvalue weighted by molar-refractivity contribution is 5.94. The van der Waals surface area contributed by atoms with Crippen molar-refractivity contribution in [3.8, 4) is 12.3 Å². The summed E-state index contributed by atoms with van der Waals surface area (Å²) in [5, 5.41) is 2.61. The first kappa shape index (κ1) is 12.2. The van der Waals surface area contributed by atoms with E-state index in [9.17, 15) is 9.59 Å². The van der Waals surface area contributed by atoms with Crippen LogP contribution in [0.1, 0.15) is 12.0 Å². The molecule has 0 unspecified atom stereocenters. The number of carbonyl (C=O) groups is 2. The molecule has 18 heavy (non-hydrogen) atoms. The summed E-state index contributed by atoms with van der Waals surface area (Å²) in [4.78, 5) is 25.1. The number of benzene rings is 1. The molecule has 4 nitrogen and oxygen atoms in total. The number of amides is 2. The third kappa shape index (κ3) is 2.69. The predicted octanol–water partition coefficient (Wildman–Crippen LogP) is 0.537. The number of nitrogens with zero attached hydrogens (tertiary/aromatic N) is 1. The van der Waals surface area contributed by atoms with Crippen molar-refractivity contribution in [3.05, 3.63) is 35.9 Å². The second-order valence-electron chi connectivity index (χ2n) is 4.21. The summed E-state index contributed by atoms with van der Waals surface area (Å²) in [5.41, 5.74) is 1.00. The smallest absolute Gasteiger partial charge is 0.246 e. The van der Waals surface area contributed by atoms with E-state index >= 15 is 0 Å². The van der Waals surface area contributed by atoms with E-state index in [4.69, 9.17) is 6.42 Å². The molecule has 0 spiro atoms. The third-order valence-corrected chi connectivity index (χ3v) is 2.82. The topological polar surface area (TPSA) is 49.4 Å². The molecule has 1 fully saturated rings. The van der Waals surface area contributed by atoms with Gasteiger partial charge < -0.3 is 10.2 Å². The van der Waals surface area contributed by atoms with E-state index in [-0.39, 0.29) is 24.8 Å². The van der Waals surface area contributed by atoms with Gasteiger partial charge in [-0.2, -0.15) is 0 Å². The van der Waals surface area contributed by atoms with Crippen LogP contribution in [-0.4, -0.2) is 29.3 Å². The molecule has 1 aliphatic rings.